The molecule has 0 saturated heterocycles. The van der Waals surface area contributed by atoms with Crippen molar-refractivity contribution >= 4 is 16.8 Å². The topological polar surface area (TPSA) is 63.3 Å². The Labute approximate surface area is 58.8 Å². The van der Waals surface area contributed by atoms with Crippen molar-refractivity contribution in [2.75, 3.05) is 0 Å². The molecule has 4 heteroatoms. The third-order valence-electron chi connectivity index (χ3n) is 1.09. The fourth-order valence-electron chi connectivity index (χ4n) is 0.405. The van der Waals surface area contributed by atoms with Crippen LogP contribution in [0.5, 0.6) is 0 Å². The summed E-state index contributed by atoms with van der Waals surface area (Å²) in [7, 11) is 0. The molecule has 0 bridgehead atoms. The largest absolute Gasteiger partial charge is 0.391 e. The lowest BCUT2D eigenvalue weighted by atomic mass is 10.1. The van der Waals surface area contributed by atoms with Gasteiger partial charge >= 0.3 is 0 Å². The predicted octanol–water partition coefficient (Wildman–Crippen LogP) is -0.150. The third kappa shape index (κ3) is 2.79. The number of nitrogens with two attached hydrogens (primary N) is 1. The maximum Gasteiger partial charge on any atom is 0.241 e. The molecular formula is C5H10ClNO2. The van der Waals surface area contributed by atoms with Gasteiger partial charge in [0.05, 0.1) is 6.10 Å². The Bertz CT molecular complexity index is 107. The molecule has 0 unspecified atom stereocenters. The second-order valence-corrected chi connectivity index (χ2v) is 2.18. The fraction of sp³-hybridized carbons (Fsp3) is 0.800. The molecule has 0 aliphatic rings. The van der Waals surface area contributed by atoms with Crippen molar-refractivity contribution in [1.82, 2.24) is 0 Å². The first-order valence-corrected chi connectivity index (χ1v) is 3.10. The van der Waals surface area contributed by atoms with Crippen LogP contribution in [0.15, 0.2) is 0 Å². The van der Waals surface area contributed by atoms with E-state index >= 15 is 0 Å². The molecule has 0 aliphatic carbocycles. The van der Waals surface area contributed by atoms with Crippen molar-refractivity contribution in [3.63, 3.8) is 0 Å². The van der Waals surface area contributed by atoms with Crippen LogP contribution in [0.1, 0.15) is 13.3 Å². The highest BCUT2D eigenvalue weighted by atomic mass is 35.5. The van der Waals surface area contributed by atoms with Gasteiger partial charge in [-0.05, 0) is 18.0 Å². The molecule has 3 N–H and O–H groups in total. The third-order valence-corrected chi connectivity index (χ3v) is 1.35. The van der Waals surface area contributed by atoms with Gasteiger partial charge in [-0.1, -0.05) is 6.92 Å². The van der Waals surface area contributed by atoms with Crippen LogP contribution in [0.25, 0.3) is 0 Å². The molecule has 0 aromatic heterocycles. The van der Waals surface area contributed by atoms with Crippen molar-refractivity contribution < 1.29 is 9.90 Å². The lowest BCUT2D eigenvalue weighted by Gasteiger charge is -2.11. The van der Waals surface area contributed by atoms with Crippen molar-refractivity contribution in [3.05, 3.63) is 0 Å². The predicted molar refractivity (Wildman–Crippen MR) is 35.1 cm³/mol. The van der Waals surface area contributed by atoms with Gasteiger partial charge in [-0.2, -0.15) is 0 Å². The van der Waals surface area contributed by atoms with E-state index in [0.717, 1.165) is 0 Å². The first-order chi connectivity index (χ1) is 4.09. The van der Waals surface area contributed by atoms with E-state index in [1.54, 1.807) is 6.92 Å². The summed E-state index contributed by atoms with van der Waals surface area (Å²) in [5.41, 5.74) is 5.14. The summed E-state index contributed by atoms with van der Waals surface area (Å²) in [5, 5.41) is 8.18. The van der Waals surface area contributed by atoms with Crippen LogP contribution in [0.3, 0.4) is 0 Å². The number of carbonyl (C=O) groups is 1. The van der Waals surface area contributed by atoms with Crippen LogP contribution in [0, 0.1) is 0 Å². The molecule has 9 heavy (non-hydrogen) atoms. The normalized spacial score (nSPS) is 16.9. The first kappa shape index (κ1) is 8.88. The molecule has 0 aromatic rings. The summed E-state index contributed by atoms with van der Waals surface area (Å²) in [6.45, 7) is 1.73. The molecule has 0 fully saturated rings. The quantitative estimate of drug-likeness (QED) is 0.552. The van der Waals surface area contributed by atoms with E-state index in [4.69, 9.17) is 22.4 Å². The minimum atomic E-state index is -0.934. The van der Waals surface area contributed by atoms with Crippen molar-refractivity contribution in [2.45, 2.75) is 25.5 Å². The molecule has 2 atom stereocenters. The number of carbonyl (C=O) groups excluding carboxylic acids is 1. The number of hydrogen-bond acceptors (Lipinski definition) is 3. The second-order valence-electron chi connectivity index (χ2n) is 1.81. The maximum absolute atomic E-state index is 10.2. The summed E-state index contributed by atoms with van der Waals surface area (Å²) in [5.74, 6) is 0. The molecule has 0 aromatic carbocycles. The van der Waals surface area contributed by atoms with Crippen LogP contribution in [0.4, 0.5) is 0 Å². The van der Waals surface area contributed by atoms with Crippen molar-refractivity contribution in [2.24, 2.45) is 5.73 Å². The van der Waals surface area contributed by atoms with E-state index in [1.807, 2.05) is 0 Å². The molecule has 0 spiro atoms. The molecule has 0 heterocycles. The Morgan fingerprint density at radius 3 is 2.44 bits per heavy atom. The summed E-state index contributed by atoms with van der Waals surface area (Å²) < 4.78 is 0. The molecule has 0 saturated carbocycles. The van der Waals surface area contributed by atoms with E-state index in [-0.39, 0.29) is 0 Å². The monoisotopic (exact) mass is 151 g/mol. The average Bonchev–Trinajstić information content (AvgIpc) is 1.84. The van der Waals surface area contributed by atoms with E-state index in [1.165, 1.54) is 0 Å². The van der Waals surface area contributed by atoms with Gasteiger partial charge in [0, 0.05) is 0 Å². The number of hydrogen-bond donors (Lipinski definition) is 2. The zero-order valence-electron chi connectivity index (χ0n) is 5.17. The lowest BCUT2D eigenvalue weighted by molar-refractivity contribution is -0.115. The van der Waals surface area contributed by atoms with Gasteiger partial charge in [-0.3, -0.25) is 4.79 Å². The van der Waals surface area contributed by atoms with Crippen LogP contribution >= 0.6 is 11.6 Å². The SMILES string of the molecule is CC[C@@H](O)[C@H](N)C(=O)Cl. The molecule has 0 radical (unpaired) electrons. The molecular weight excluding hydrogens is 142 g/mol. The standard InChI is InChI=1S/C5H10ClNO2/c1-2-3(8)4(7)5(6)9/h3-4,8H,2,7H2,1H3/t3-,4+/m1/s1. The number of aliphatic hydroxyl groups is 1. The molecule has 0 rings (SSSR count). The first-order valence-electron chi connectivity index (χ1n) is 2.72. The smallest absolute Gasteiger partial charge is 0.241 e. The summed E-state index contributed by atoms with van der Waals surface area (Å²) in [6, 6.07) is -0.934. The van der Waals surface area contributed by atoms with E-state index in [9.17, 15) is 4.79 Å². The van der Waals surface area contributed by atoms with Crippen molar-refractivity contribution in [3.8, 4) is 0 Å². The fourth-order valence-corrected chi connectivity index (χ4v) is 0.551. The highest BCUT2D eigenvalue weighted by molar-refractivity contribution is 6.64. The second kappa shape index (κ2) is 3.82. The summed E-state index contributed by atoms with van der Waals surface area (Å²) in [6.07, 6.45) is -0.366. The van der Waals surface area contributed by atoms with Gasteiger partial charge in [0.2, 0.25) is 5.24 Å². The minimum absolute atomic E-state index is 0.444. The maximum atomic E-state index is 10.2. The van der Waals surface area contributed by atoms with E-state index in [2.05, 4.69) is 0 Å². The number of rotatable bonds is 3. The minimum Gasteiger partial charge on any atom is -0.391 e. The van der Waals surface area contributed by atoms with Gasteiger partial charge in [0.1, 0.15) is 6.04 Å². The van der Waals surface area contributed by atoms with E-state index < -0.39 is 17.4 Å². The van der Waals surface area contributed by atoms with Gasteiger partial charge < -0.3 is 10.8 Å². The summed E-state index contributed by atoms with van der Waals surface area (Å²) in [4.78, 5) is 10.2. The van der Waals surface area contributed by atoms with Gasteiger partial charge in [-0.25, -0.2) is 0 Å². The molecule has 54 valence electrons. The molecule has 0 aliphatic heterocycles. The average molecular weight is 152 g/mol. The van der Waals surface area contributed by atoms with Crippen LogP contribution in [0.2, 0.25) is 0 Å². The highest BCUT2D eigenvalue weighted by Gasteiger charge is 2.18. The molecule has 3 nitrogen and oxygen atoms in total. The van der Waals surface area contributed by atoms with Gasteiger partial charge in [-0.15, -0.1) is 0 Å². The summed E-state index contributed by atoms with van der Waals surface area (Å²) >= 11 is 4.98. The van der Waals surface area contributed by atoms with E-state index in [0.29, 0.717) is 6.42 Å². The van der Waals surface area contributed by atoms with Gasteiger partial charge in [0.25, 0.3) is 0 Å². The van der Waals surface area contributed by atoms with Crippen LogP contribution < -0.4 is 5.73 Å². The van der Waals surface area contributed by atoms with Crippen LogP contribution in [-0.2, 0) is 4.79 Å². The lowest BCUT2D eigenvalue weighted by Crippen LogP contribution is -2.39. The van der Waals surface area contributed by atoms with Crippen LogP contribution in [-0.4, -0.2) is 22.5 Å². The number of halogens is 1. The van der Waals surface area contributed by atoms with Gasteiger partial charge in [0.15, 0.2) is 0 Å². The zero-order chi connectivity index (χ0) is 7.44. The Morgan fingerprint density at radius 2 is 2.33 bits per heavy atom. The highest BCUT2D eigenvalue weighted by Crippen LogP contribution is 1.98. The Balaban J connectivity index is 3.72. The van der Waals surface area contributed by atoms with Crippen molar-refractivity contribution in [1.29, 1.82) is 0 Å². The molecule has 0 amide bonds. The number of aliphatic hydroxyl groups excluding tert-OH is 1. The zero-order valence-corrected chi connectivity index (χ0v) is 5.93. The Kier molecular flexibility index (Phi) is 3.77. The Morgan fingerprint density at radius 1 is 1.89 bits per heavy atom. The Hall–Kier alpha value is -0.120.